The highest BCUT2D eigenvalue weighted by atomic mass is 16.7. The fraction of sp³-hybridized carbons (Fsp3) is 0.719. The van der Waals surface area contributed by atoms with Crippen molar-refractivity contribution in [3.05, 3.63) is 134 Å². The highest BCUT2D eigenvalue weighted by Crippen LogP contribution is 2.19. The van der Waals surface area contributed by atoms with Crippen LogP contribution >= 0.6 is 0 Å². The Balaban J connectivity index is 4.10. The molecule has 0 N–H and O–H groups in total. The van der Waals surface area contributed by atoms with Crippen LogP contribution in [-0.4, -0.2) is 82.3 Å². The van der Waals surface area contributed by atoms with Crippen LogP contribution < -0.4 is 5.11 Å². The van der Waals surface area contributed by atoms with E-state index in [0.717, 1.165) is 122 Å². The van der Waals surface area contributed by atoms with Gasteiger partial charge in [-0.3, -0.25) is 9.59 Å². The summed E-state index contributed by atoms with van der Waals surface area (Å²) in [6, 6.07) is 0. The first-order valence-electron chi connectivity index (χ1n) is 40.8. The third-order valence-corrected chi connectivity index (χ3v) is 17.7. The second-order valence-electron chi connectivity index (χ2n) is 28.3. The maximum atomic E-state index is 13.0. The summed E-state index contributed by atoms with van der Waals surface area (Å²) in [5, 5.41) is 11.9. The molecular weight excluding hydrogens is 1210 g/mol. The monoisotopic (exact) mass is 1360 g/mol. The Bertz CT molecular complexity index is 2080. The minimum absolute atomic E-state index is 0.139. The molecule has 0 spiro atoms. The average Bonchev–Trinajstić information content (AvgIpc) is 1.38. The van der Waals surface area contributed by atoms with Crippen LogP contribution in [0.5, 0.6) is 0 Å². The van der Waals surface area contributed by atoms with Gasteiger partial charge in [-0.2, -0.15) is 0 Å². The van der Waals surface area contributed by atoms with Crippen LogP contribution in [0.1, 0.15) is 354 Å². The lowest BCUT2D eigenvalue weighted by atomic mass is 10.0. The zero-order valence-corrected chi connectivity index (χ0v) is 64.4. The number of ether oxygens (including phenoxy) is 4. The van der Waals surface area contributed by atoms with Crippen LogP contribution in [0.15, 0.2) is 134 Å². The number of aliphatic carboxylic acids is 1. The number of hydrogen-bond acceptors (Lipinski definition) is 8. The van der Waals surface area contributed by atoms with Gasteiger partial charge in [-0.25, -0.2) is 0 Å². The van der Waals surface area contributed by atoms with E-state index in [0.29, 0.717) is 17.4 Å². The zero-order chi connectivity index (χ0) is 71.1. The van der Waals surface area contributed by atoms with Gasteiger partial charge in [0.25, 0.3) is 0 Å². The fourth-order valence-corrected chi connectivity index (χ4v) is 11.5. The van der Waals surface area contributed by atoms with Crippen molar-refractivity contribution in [2.24, 2.45) is 0 Å². The number of unbranched alkanes of at least 4 members (excludes halogenated alkanes) is 38. The van der Waals surface area contributed by atoms with Gasteiger partial charge in [-0.15, -0.1) is 0 Å². The first-order chi connectivity index (χ1) is 48.1. The maximum Gasteiger partial charge on any atom is 0.306 e. The first kappa shape index (κ1) is 93.4. The number of allylic oxidation sites excluding steroid dienone is 22. The second kappa shape index (κ2) is 78.2. The van der Waals surface area contributed by atoms with Gasteiger partial charge in [-0.1, -0.05) is 379 Å². The highest BCUT2D eigenvalue weighted by Gasteiger charge is 2.22. The van der Waals surface area contributed by atoms with Crippen molar-refractivity contribution >= 4 is 17.9 Å². The summed E-state index contributed by atoms with van der Waals surface area (Å²) in [6.07, 6.45) is 110. The van der Waals surface area contributed by atoms with E-state index in [1.807, 2.05) is 21.1 Å². The van der Waals surface area contributed by atoms with Gasteiger partial charge in [0.2, 0.25) is 0 Å². The molecule has 2 atom stereocenters. The third-order valence-electron chi connectivity index (χ3n) is 17.7. The van der Waals surface area contributed by atoms with E-state index in [1.54, 1.807) is 0 Å². The average molecular weight is 1370 g/mol. The van der Waals surface area contributed by atoms with Gasteiger partial charge in [0.1, 0.15) is 13.2 Å². The van der Waals surface area contributed by atoms with E-state index in [9.17, 15) is 19.5 Å². The number of nitrogens with zero attached hydrogens (tertiary/aromatic N) is 1. The largest absolute Gasteiger partial charge is 0.545 e. The smallest absolute Gasteiger partial charge is 0.306 e. The van der Waals surface area contributed by atoms with Gasteiger partial charge in [0, 0.05) is 12.8 Å². The number of carboxylic acids is 1. The molecule has 98 heavy (non-hydrogen) atoms. The van der Waals surface area contributed by atoms with Crippen LogP contribution in [0.4, 0.5) is 0 Å². The van der Waals surface area contributed by atoms with Crippen LogP contribution in [0.3, 0.4) is 0 Å². The molecule has 562 valence electrons. The van der Waals surface area contributed by atoms with Crippen molar-refractivity contribution in [1.29, 1.82) is 0 Å². The topological polar surface area (TPSA) is 111 Å². The Hall–Kier alpha value is -4.57. The van der Waals surface area contributed by atoms with E-state index < -0.39 is 24.3 Å². The van der Waals surface area contributed by atoms with E-state index >= 15 is 0 Å². The quantitative estimate of drug-likeness (QED) is 0.0195. The van der Waals surface area contributed by atoms with E-state index in [4.69, 9.17) is 18.9 Å². The van der Waals surface area contributed by atoms with Crippen molar-refractivity contribution in [1.82, 2.24) is 0 Å². The van der Waals surface area contributed by atoms with Crippen molar-refractivity contribution in [3.8, 4) is 0 Å². The molecule has 9 nitrogen and oxygen atoms in total. The molecule has 2 unspecified atom stereocenters. The number of carboxylic acid groups (broad SMARTS) is 1. The molecular formula is C89H153NO8. The lowest BCUT2D eigenvalue weighted by Crippen LogP contribution is -2.44. The van der Waals surface area contributed by atoms with Gasteiger partial charge in [0.15, 0.2) is 12.4 Å². The standard InChI is InChI=1S/C89H153NO8/c1-6-8-10-12-14-16-18-20-22-24-26-28-30-32-34-36-38-40-42-43-44-45-46-48-50-52-54-56-58-60-62-64-66-68-70-72-74-76-78-80-87(92)98-85(84-97-89(88(93)94)95-82-81-90(3,4)5)83-96-86(91)79-77-75-73-71-69-67-65-63-61-59-57-55-53-51-49-47-41-39-37-35-33-31-29-27-25-23-21-19-17-15-13-11-9-7-2/h8,10,14,16,20,22,26,28,32,34,38,40,43-44,46,48,52,54,58,60,64,66,85,89H,6-7,9,11-13,15,17-19,21,23-25,27,29-31,33,35-37,39,41-42,45,47,49-51,53,55-57,59,61-63,65,67-84H2,1-5H3/b10-8-,16-14-,22-20-,28-26-,34-32-,40-38-,44-43-,48-46-,54-52-,60-58-,66-64-. The SMILES string of the molecule is CC/C=C\C/C=C\C/C=C\C/C=C\C/C=C\C/C=C\C/C=C\C/C=C\C/C=C\C/C=C\C/C=C\CCCCCCCC(=O)OC(COC(=O)CCCCCCCCCCCCCCCCCCCCCCCCCCCCCCCCCCCC)COC(OCC[N+](C)(C)C)C(=O)[O-]. The van der Waals surface area contributed by atoms with E-state index in [-0.39, 0.29) is 38.6 Å². The molecule has 0 amide bonds. The zero-order valence-electron chi connectivity index (χ0n) is 64.4. The lowest BCUT2D eigenvalue weighted by Gasteiger charge is -2.26. The molecule has 0 heterocycles. The number of quaternary nitrogens is 1. The normalized spacial score (nSPS) is 13.4. The Morgan fingerprint density at radius 1 is 0.316 bits per heavy atom. The Kier molecular flexibility index (Phi) is 74.5. The summed E-state index contributed by atoms with van der Waals surface area (Å²) in [5.74, 6) is -2.30. The molecule has 0 saturated heterocycles. The van der Waals surface area contributed by atoms with Gasteiger partial charge < -0.3 is 33.3 Å². The Morgan fingerprint density at radius 2 is 0.582 bits per heavy atom. The molecule has 9 heteroatoms. The fourth-order valence-electron chi connectivity index (χ4n) is 11.5. The Labute approximate surface area is 605 Å². The van der Waals surface area contributed by atoms with Crippen molar-refractivity contribution in [2.75, 3.05) is 47.5 Å². The molecule has 0 aromatic heterocycles. The first-order valence-corrected chi connectivity index (χ1v) is 40.8. The molecule has 0 aromatic rings. The molecule has 0 aliphatic heterocycles. The number of hydrogen-bond donors (Lipinski definition) is 0. The van der Waals surface area contributed by atoms with Crippen LogP contribution in [0, 0.1) is 0 Å². The van der Waals surface area contributed by atoms with Crippen LogP contribution in [-0.2, 0) is 33.3 Å². The lowest BCUT2D eigenvalue weighted by molar-refractivity contribution is -0.870. The molecule has 0 bridgehead atoms. The van der Waals surface area contributed by atoms with Crippen molar-refractivity contribution < 1.29 is 42.9 Å². The predicted molar refractivity (Wildman–Crippen MR) is 421 cm³/mol. The highest BCUT2D eigenvalue weighted by molar-refractivity contribution is 5.70. The number of carbonyl (C=O) groups excluding carboxylic acids is 3. The third kappa shape index (κ3) is 78.8. The van der Waals surface area contributed by atoms with Crippen LogP contribution in [0.25, 0.3) is 0 Å². The van der Waals surface area contributed by atoms with E-state index in [1.165, 1.54) is 199 Å². The molecule has 0 saturated carbocycles. The minimum Gasteiger partial charge on any atom is -0.545 e. The molecule has 0 fully saturated rings. The maximum absolute atomic E-state index is 13.0. The van der Waals surface area contributed by atoms with E-state index in [2.05, 4.69) is 148 Å². The summed E-state index contributed by atoms with van der Waals surface area (Å²) in [6.45, 7) is 4.65. The summed E-state index contributed by atoms with van der Waals surface area (Å²) >= 11 is 0. The molecule has 0 rings (SSSR count). The van der Waals surface area contributed by atoms with Crippen LogP contribution in [0.2, 0.25) is 0 Å². The van der Waals surface area contributed by atoms with Gasteiger partial charge in [-0.05, 0) is 96.3 Å². The minimum atomic E-state index is -1.64. The van der Waals surface area contributed by atoms with Gasteiger partial charge in [0.05, 0.1) is 40.3 Å². The number of rotatable bonds is 75. The second-order valence-corrected chi connectivity index (χ2v) is 28.3. The number of carbonyl (C=O) groups is 3. The molecule has 0 aliphatic rings. The molecule has 0 aromatic carbocycles. The summed E-state index contributed by atoms with van der Waals surface area (Å²) in [4.78, 5) is 37.6. The summed E-state index contributed by atoms with van der Waals surface area (Å²) in [5.41, 5.74) is 0. The molecule has 0 radical (unpaired) electrons. The molecule has 0 aliphatic carbocycles. The van der Waals surface area contributed by atoms with Crippen molar-refractivity contribution in [2.45, 2.75) is 367 Å². The summed E-state index contributed by atoms with van der Waals surface area (Å²) in [7, 11) is 5.93. The number of likely N-dealkylation sites (N-methyl/N-ethyl adjacent to an activating group) is 1. The van der Waals surface area contributed by atoms with Gasteiger partial charge >= 0.3 is 11.9 Å². The number of esters is 2. The Morgan fingerprint density at radius 3 is 0.867 bits per heavy atom. The van der Waals surface area contributed by atoms with Crippen molar-refractivity contribution in [3.63, 3.8) is 0 Å². The predicted octanol–water partition coefficient (Wildman–Crippen LogP) is 25.1. The summed E-state index contributed by atoms with van der Waals surface area (Å²) < 4.78 is 22.8.